The second kappa shape index (κ2) is 8.27. The first-order chi connectivity index (χ1) is 13.8. The predicted molar refractivity (Wildman–Crippen MR) is 101 cm³/mol. The van der Waals surface area contributed by atoms with Gasteiger partial charge >= 0.3 is 0 Å². The second-order valence-electron chi connectivity index (χ2n) is 6.39. The van der Waals surface area contributed by atoms with Crippen molar-refractivity contribution in [3.63, 3.8) is 0 Å². The van der Waals surface area contributed by atoms with Gasteiger partial charge in [-0.3, -0.25) is 4.79 Å². The minimum atomic E-state index is -1.48. The molecule has 1 aliphatic heterocycles. The van der Waals surface area contributed by atoms with Crippen LogP contribution in [0.25, 0.3) is 0 Å². The number of hydrogen-bond acceptors (Lipinski definition) is 6. The lowest BCUT2D eigenvalue weighted by molar-refractivity contribution is -0.122. The van der Waals surface area contributed by atoms with Crippen LogP contribution in [0.1, 0.15) is 17.2 Å². The molecule has 0 aliphatic carbocycles. The normalized spacial score (nSPS) is 17.8. The summed E-state index contributed by atoms with van der Waals surface area (Å²) in [4.78, 5) is 17.3. The van der Waals surface area contributed by atoms with Gasteiger partial charge in [-0.25, -0.2) is 8.78 Å². The van der Waals surface area contributed by atoms with Crippen molar-refractivity contribution in [2.75, 3.05) is 7.11 Å². The first-order valence-corrected chi connectivity index (χ1v) is 8.61. The minimum Gasteiger partial charge on any atom is -0.505 e. The van der Waals surface area contributed by atoms with Gasteiger partial charge in [0.15, 0.2) is 23.4 Å². The fourth-order valence-electron chi connectivity index (χ4n) is 3.16. The van der Waals surface area contributed by atoms with Crippen molar-refractivity contribution in [3.05, 3.63) is 82.9 Å². The van der Waals surface area contributed by atoms with Gasteiger partial charge in [-0.2, -0.15) is 4.99 Å². The summed E-state index contributed by atoms with van der Waals surface area (Å²) < 4.78 is 32.5. The third kappa shape index (κ3) is 4.04. The number of aliphatic imine (C=N–C) groups is 1. The molecule has 1 heterocycles. The SMILES string of the molecule is COC(C1=NC(O)=C(O)C(C(N)=O)N1Cc1ccc(F)c(F)c1)c1ccccc1. The molecule has 152 valence electrons. The molecule has 0 bridgehead atoms. The van der Waals surface area contributed by atoms with Gasteiger partial charge in [-0.05, 0) is 23.3 Å². The maximum atomic E-state index is 13.7. The zero-order valence-corrected chi connectivity index (χ0v) is 15.4. The summed E-state index contributed by atoms with van der Waals surface area (Å²) in [5, 5.41) is 20.3. The summed E-state index contributed by atoms with van der Waals surface area (Å²) in [5.74, 6) is -4.50. The van der Waals surface area contributed by atoms with Crippen molar-refractivity contribution < 1.29 is 28.5 Å². The molecule has 2 atom stereocenters. The van der Waals surface area contributed by atoms with Crippen LogP contribution in [0.4, 0.5) is 8.78 Å². The molecule has 0 fully saturated rings. The van der Waals surface area contributed by atoms with Gasteiger partial charge in [-0.15, -0.1) is 0 Å². The van der Waals surface area contributed by atoms with E-state index in [0.717, 1.165) is 12.1 Å². The van der Waals surface area contributed by atoms with Crippen LogP contribution in [-0.4, -0.2) is 40.0 Å². The lowest BCUT2D eigenvalue weighted by Crippen LogP contribution is -2.52. The minimum absolute atomic E-state index is 0.0718. The molecule has 3 rings (SSSR count). The molecular weight excluding hydrogens is 384 g/mol. The summed E-state index contributed by atoms with van der Waals surface area (Å²) in [6, 6.07) is 10.6. The number of primary amides is 1. The number of amides is 1. The van der Waals surface area contributed by atoms with Crippen molar-refractivity contribution in [3.8, 4) is 0 Å². The molecule has 1 aliphatic rings. The largest absolute Gasteiger partial charge is 0.505 e. The molecule has 2 unspecified atom stereocenters. The highest BCUT2D eigenvalue weighted by molar-refractivity contribution is 5.95. The van der Waals surface area contributed by atoms with Crippen LogP contribution in [0.2, 0.25) is 0 Å². The molecule has 29 heavy (non-hydrogen) atoms. The van der Waals surface area contributed by atoms with Crippen LogP contribution in [0, 0.1) is 11.6 Å². The van der Waals surface area contributed by atoms with E-state index in [0.29, 0.717) is 11.1 Å². The van der Waals surface area contributed by atoms with E-state index in [-0.39, 0.29) is 12.4 Å². The Bertz CT molecular complexity index is 979. The van der Waals surface area contributed by atoms with Crippen molar-refractivity contribution in [2.24, 2.45) is 10.7 Å². The molecular formula is C20H19F2N3O4. The number of hydrogen-bond donors (Lipinski definition) is 3. The Balaban J connectivity index is 2.09. The van der Waals surface area contributed by atoms with Crippen LogP contribution in [0.5, 0.6) is 0 Å². The van der Waals surface area contributed by atoms with Crippen LogP contribution in [-0.2, 0) is 16.1 Å². The van der Waals surface area contributed by atoms with E-state index in [1.165, 1.54) is 18.1 Å². The highest BCUT2D eigenvalue weighted by atomic mass is 19.2. The van der Waals surface area contributed by atoms with E-state index in [9.17, 15) is 23.8 Å². The smallest absolute Gasteiger partial charge is 0.254 e. The van der Waals surface area contributed by atoms with Gasteiger partial charge in [0.25, 0.3) is 5.88 Å². The van der Waals surface area contributed by atoms with E-state index in [1.807, 2.05) is 0 Å². The highest BCUT2D eigenvalue weighted by Crippen LogP contribution is 2.30. The first kappa shape index (κ1) is 20.3. The van der Waals surface area contributed by atoms with Crippen molar-refractivity contribution in [1.82, 2.24) is 4.90 Å². The molecule has 0 saturated carbocycles. The van der Waals surface area contributed by atoms with E-state index in [2.05, 4.69) is 4.99 Å². The van der Waals surface area contributed by atoms with Gasteiger partial charge in [0.1, 0.15) is 11.9 Å². The van der Waals surface area contributed by atoms with E-state index in [4.69, 9.17) is 10.5 Å². The maximum absolute atomic E-state index is 13.7. The summed E-state index contributed by atoms with van der Waals surface area (Å²) in [7, 11) is 1.41. The summed E-state index contributed by atoms with van der Waals surface area (Å²) in [6.07, 6.45) is -0.835. The molecule has 9 heteroatoms. The fraction of sp³-hybridized carbons (Fsp3) is 0.200. The molecule has 2 aromatic carbocycles. The van der Waals surface area contributed by atoms with Crippen LogP contribution in [0.15, 0.2) is 65.2 Å². The average molecular weight is 403 g/mol. The first-order valence-electron chi connectivity index (χ1n) is 8.61. The molecule has 2 aromatic rings. The Morgan fingerprint density at radius 2 is 1.90 bits per heavy atom. The topological polar surface area (TPSA) is 108 Å². The van der Waals surface area contributed by atoms with Gasteiger partial charge < -0.3 is 25.6 Å². The Kier molecular flexibility index (Phi) is 5.79. The lowest BCUT2D eigenvalue weighted by Gasteiger charge is -2.37. The molecule has 0 spiro atoms. The number of carbonyl (C=O) groups is 1. The lowest BCUT2D eigenvalue weighted by atomic mass is 10.0. The Hall–Kier alpha value is -3.46. The van der Waals surface area contributed by atoms with Gasteiger partial charge in [0.05, 0.1) is 0 Å². The van der Waals surface area contributed by atoms with Gasteiger partial charge in [0.2, 0.25) is 5.91 Å². The number of rotatable bonds is 6. The standard InChI is InChI=1S/C20H19F2N3O4/c1-29-17(12-5-3-2-4-6-12)19-24-20(28)16(26)15(18(23)27)25(19)10-11-7-8-13(21)14(22)9-11/h2-9,15,17,26,28H,10H2,1H3,(H2,23,27). The second-order valence-corrected chi connectivity index (χ2v) is 6.39. The number of amidine groups is 1. The molecule has 0 aromatic heterocycles. The van der Waals surface area contributed by atoms with Gasteiger partial charge in [0, 0.05) is 13.7 Å². The maximum Gasteiger partial charge on any atom is 0.254 e. The molecule has 4 N–H and O–H groups in total. The predicted octanol–water partition coefficient (Wildman–Crippen LogP) is 2.71. The van der Waals surface area contributed by atoms with Crippen molar-refractivity contribution >= 4 is 11.7 Å². The number of aliphatic hydroxyl groups is 2. The molecule has 7 nitrogen and oxygen atoms in total. The number of carbonyl (C=O) groups excluding carboxylic acids is 1. The number of methoxy groups -OCH3 is 1. The van der Waals surface area contributed by atoms with E-state index < -0.39 is 41.3 Å². The van der Waals surface area contributed by atoms with E-state index >= 15 is 0 Å². The summed E-state index contributed by atoms with van der Waals surface area (Å²) in [6.45, 7) is -0.159. The monoisotopic (exact) mass is 403 g/mol. The van der Waals surface area contributed by atoms with Gasteiger partial charge in [-0.1, -0.05) is 36.4 Å². The Morgan fingerprint density at radius 1 is 1.21 bits per heavy atom. The zero-order chi connectivity index (χ0) is 21.1. The quantitative estimate of drug-likeness (QED) is 0.687. The number of halogens is 2. The highest BCUT2D eigenvalue weighted by Gasteiger charge is 2.40. The molecule has 0 radical (unpaired) electrons. The van der Waals surface area contributed by atoms with Crippen LogP contribution < -0.4 is 5.73 Å². The Labute approximate surface area is 165 Å². The van der Waals surface area contributed by atoms with Crippen molar-refractivity contribution in [2.45, 2.75) is 18.7 Å². The summed E-state index contributed by atoms with van der Waals surface area (Å²) >= 11 is 0. The van der Waals surface area contributed by atoms with E-state index in [1.54, 1.807) is 30.3 Å². The summed E-state index contributed by atoms with van der Waals surface area (Å²) in [5.41, 5.74) is 6.39. The Morgan fingerprint density at radius 3 is 2.48 bits per heavy atom. The molecule has 1 amide bonds. The third-order valence-corrected chi connectivity index (χ3v) is 4.49. The zero-order valence-electron chi connectivity index (χ0n) is 15.4. The number of ether oxygens (including phenoxy) is 1. The fourth-order valence-corrected chi connectivity index (χ4v) is 3.16. The third-order valence-electron chi connectivity index (χ3n) is 4.49. The van der Waals surface area contributed by atoms with Crippen LogP contribution in [0.3, 0.4) is 0 Å². The molecule has 0 saturated heterocycles. The number of benzene rings is 2. The average Bonchev–Trinajstić information content (AvgIpc) is 2.69. The number of nitrogens with zero attached hydrogens (tertiary/aromatic N) is 2. The number of nitrogens with two attached hydrogens (primary N) is 1. The van der Waals surface area contributed by atoms with Crippen LogP contribution >= 0.6 is 0 Å². The number of aliphatic hydroxyl groups excluding tert-OH is 2. The van der Waals surface area contributed by atoms with Crippen molar-refractivity contribution in [1.29, 1.82) is 0 Å².